The molecule has 4 atom stereocenters. The smallest absolute Gasteiger partial charge is 0.226 e. The molecule has 7 heteroatoms. The molecule has 3 heterocycles. The lowest BCUT2D eigenvalue weighted by molar-refractivity contribution is -0.119. The number of hydrogen-bond acceptors (Lipinski definition) is 5. The Kier molecular flexibility index (Phi) is 5.38. The number of rotatable bonds is 5. The number of carbonyl (C=O) groups excluding carboxylic acids is 1. The number of amidine groups is 1. The monoisotopic (exact) mass is 421 g/mol. The van der Waals surface area contributed by atoms with Crippen LogP contribution in [0.5, 0.6) is 5.75 Å². The summed E-state index contributed by atoms with van der Waals surface area (Å²) < 4.78 is 18.3. The van der Waals surface area contributed by atoms with Crippen molar-refractivity contribution in [3.8, 4) is 5.75 Å². The van der Waals surface area contributed by atoms with Crippen molar-refractivity contribution in [3.05, 3.63) is 59.7 Å². The number of amides is 1. The Balaban J connectivity index is 1.23. The van der Waals surface area contributed by atoms with E-state index in [0.717, 1.165) is 36.4 Å². The highest BCUT2D eigenvalue weighted by Crippen LogP contribution is 2.39. The van der Waals surface area contributed by atoms with Gasteiger partial charge in [-0.15, -0.1) is 0 Å². The minimum absolute atomic E-state index is 0.0570. The van der Waals surface area contributed by atoms with Crippen molar-refractivity contribution >= 4 is 17.4 Å². The van der Waals surface area contributed by atoms with Crippen LogP contribution in [0.25, 0.3) is 0 Å². The van der Waals surface area contributed by atoms with E-state index in [4.69, 9.17) is 25.4 Å². The molecular formula is C24H27N3O4. The van der Waals surface area contributed by atoms with Crippen molar-refractivity contribution in [3.63, 3.8) is 0 Å². The van der Waals surface area contributed by atoms with Gasteiger partial charge >= 0.3 is 0 Å². The Morgan fingerprint density at radius 2 is 1.74 bits per heavy atom. The number of nitrogens with one attached hydrogen (secondary N) is 1. The van der Waals surface area contributed by atoms with Gasteiger partial charge in [-0.05, 0) is 42.7 Å². The molecule has 0 aliphatic carbocycles. The molecule has 31 heavy (non-hydrogen) atoms. The number of nitrogens with two attached hydrogens (primary N) is 1. The van der Waals surface area contributed by atoms with Crippen molar-refractivity contribution in [2.24, 2.45) is 5.73 Å². The van der Waals surface area contributed by atoms with E-state index in [-0.39, 0.29) is 36.0 Å². The summed E-state index contributed by atoms with van der Waals surface area (Å²) in [6.07, 6.45) is 2.29. The van der Waals surface area contributed by atoms with Gasteiger partial charge < -0.3 is 24.8 Å². The molecule has 3 aliphatic rings. The highest BCUT2D eigenvalue weighted by molar-refractivity contribution is 5.95. The van der Waals surface area contributed by atoms with E-state index in [2.05, 4.69) is 0 Å². The summed E-state index contributed by atoms with van der Waals surface area (Å²) in [7, 11) is 0. The van der Waals surface area contributed by atoms with Crippen molar-refractivity contribution < 1.29 is 19.0 Å². The van der Waals surface area contributed by atoms with Crippen LogP contribution in [-0.2, 0) is 14.3 Å². The van der Waals surface area contributed by atoms with Crippen molar-refractivity contribution in [1.82, 2.24) is 0 Å². The number of piperidine rings is 1. The fourth-order valence-corrected chi connectivity index (χ4v) is 4.72. The first-order valence-corrected chi connectivity index (χ1v) is 10.8. The van der Waals surface area contributed by atoms with Crippen LogP contribution in [0, 0.1) is 5.41 Å². The SMILES string of the molecule is N=C(N)c1ccc([C@H]2CO[C@H]3[C@@H]2OC[C@H]3Oc2ccc(N3CCCCC3=O)cc2)cc1. The van der Waals surface area contributed by atoms with Crippen LogP contribution >= 0.6 is 0 Å². The molecule has 3 N–H and O–H groups in total. The van der Waals surface area contributed by atoms with Gasteiger partial charge in [-0.25, -0.2) is 0 Å². The van der Waals surface area contributed by atoms with E-state index in [1.54, 1.807) is 0 Å². The second-order valence-electron chi connectivity index (χ2n) is 8.39. The van der Waals surface area contributed by atoms with E-state index in [9.17, 15) is 4.79 Å². The zero-order valence-corrected chi connectivity index (χ0v) is 17.3. The van der Waals surface area contributed by atoms with Crippen LogP contribution in [0.1, 0.15) is 36.3 Å². The number of anilines is 1. The lowest BCUT2D eigenvalue weighted by Crippen LogP contribution is -2.35. The highest BCUT2D eigenvalue weighted by Gasteiger charge is 2.49. The molecule has 5 rings (SSSR count). The number of nitrogens with zero attached hydrogens (tertiary/aromatic N) is 1. The molecule has 0 spiro atoms. The number of carbonyl (C=O) groups is 1. The summed E-state index contributed by atoms with van der Waals surface area (Å²) in [5.74, 6) is 1.13. The normalized spacial score (nSPS) is 27.9. The van der Waals surface area contributed by atoms with Crippen LogP contribution in [0.2, 0.25) is 0 Å². The zero-order chi connectivity index (χ0) is 21.4. The van der Waals surface area contributed by atoms with Gasteiger partial charge in [0.25, 0.3) is 0 Å². The first kappa shape index (κ1) is 20.0. The van der Waals surface area contributed by atoms with Crippen LogP contribution in [0.4, 0.5) is 5.69 Å². The summed E-state index contributed by atoms with van der Waals surface area (Å²) in [5.41, 5.74) is 8.30. The molecule has 0 radical (unpaired) electrons. The largest absolute Gasteiger partial charge is 0.485 e. The third-order valence-electron chi connectivity index (χ3n) is 6.42. The van der Waals surface area contributed by atoms with E-state index in [1.165, 1.54) is 0 Å². The van der Waals surface area contributed by atoms with E-state index < -0.39 is 0 Å². The molecule has 3 fully saturated rings. The molecule has 0 unspecified atom stereocenters. The van der Waals surface area contributed by atoms with Crippen molar-refractivity contribution in [2.75, 3.05) is 24.7 Å². The zero-order valence-electron chi connectivity index (χ0n) is 17.3. The van der Waals surface area contributed by atoms with Gasteiger partial charge in [0.2, 0.25) is 5.91 Å². The van der Waals surface area contributed by atoms with Gasteiger partial charge in [0.05, 0.1) is 19.3 Å². The molecule has 0 bridgehead atoms. The van der Waals surface area contributed by atoms with Crippen LogP contribution in [-0.4, -0.2) is 49.8 Å². The molecule has 1 amide bonds. The van der Waals surface area contributed by atoms with Gasteiger partial charge in [-0.3, -0.25) is 10.2 Å². The van der Waals surface area contributed by atoms with Crippen molar-refractivity contribution in [2.45, 2.75) is 43.5 Å². The summed E-state index contributed by atoms with van der Waals surface area (Å²) in [6, 6.07) is 15.4. The first-order chi connectivity index (χ1) is 15.1. The van der Waals surface area contributed by atoms with E-state index >= 15 is 0 Å². The van der Waals surface area contributed by atoms with Gasteiger partial charge in [-0.1, -0.05) is 24.3 Å². The number of fused-ring (bicyclic) bond motifs is 1. The van der Waals surface area contributed by atoms with Crippen LogP contribution in [0.3, 0.4) is 0 Å². The van der Waals surface area contributed by atoms with Crippen LogP contribution < -0.4 is 15.4 Å². The van der Waals surface area contributed by atoms with E-state index in [1.807, 2.05) is 53.4 Å². The topological polar surface area (TPSA) is 97.9 Å². The van der Waals surface area contributed by atoms with Crippen molar-refractivity contribution in [1.29, 1.82) is 5.41 Å². The van der Waals surface area contributed by atoms with Gasteiger partial charge in [0.1, 0.15) is 17.7 Å². The molecular weight excluding hydrogens is 394 g/mol. The Hall–Kier alpha value is -2.90. The maximum absolute atomic E-state index is 12.1. The van der Waals surface area contributed by atoms with E-state index in [0.29, 0.717) is 25.2 Å². The highest BCUT2D eigenvalue weighted by atomic mass is 16.6. The fourth-order valence-electron chi connectivity index (χ4n) is 4.72. The molecule has 0 aromatic heterocycles. The predicted octanol–water partition coefficient (Wildman–Crippen LogP) is 2.82. The molecule has 2 aromatic rings. The predicted molar refractivity (Wildman–Crippen MR) is 117 cm³/mol. The minimum atomic E-state index is -0.172. The molecule has 162 valence electrons. The standard InChI is InChI=1S/C24H27N3O4/c25-24(26)16-6-4-15(5-7-16)19-13-29-23-20(14-30-22(19)23)31-18-10-8-17(9-11-18)27-12-2-1-3-21(27)28/h4-11,19-20,22-23H,1-3,12-14H2,(H3,25,26)/t19-,20-,22-,23-/m1/s1. The minimum Gasteiger partial charge on any atom is -0.485 e. The fraction of sp³-hybridized carbons (Fsp3) is 0.417. The second-order valence-corrected chi connectivity index (χ2v) is 8.39. The summed E-state index contributed by atoms with van der Waals surface area (Å²) >= 11 is 0. The second kappa shape index (κ2) is 8.32. The summed E-state index contributed by atoms with van der Waals surface area (Å²) in [4.78, 5) is 14.0. The van der Waals surface area contributed by atoms with Gasteiger partial charge in [-0.2, -0.15) is 0 Å². The molecule has 7 nitrogen and oxygen atoms in total. The first-order valence-electron chi connectivity index (χ1n) is 10.8. The Morgan fingerprint density at radius 3 is 2.45 bits per heavy atom. The molecule has 2 aromatic carbocycles. The maximum atomic E-state index is 12.1. The number of ether oxygens (including phenoxy) is 3. The average molecular weight is 421 g/mol. The number of nitrogen functional groups attached to an aromatic ring is 1. The van der Waals surface area contributed by atoms with Gasteiger partial charge in [0, 0.05) is 30.1 Å². The lowest BCUT2D eigenvalue weighted by Gasteiger charge is -2.27. The summed E-state index contributed by atoms with van der Waals surface area (Å²) in [5, 5.41) is 7.54. The van der Waals surface area contributed by atoms with Crippen LogP contribution in [0.15, 0.2) is 48.5 Å². The lowest BCUT2D eigenvalue weighted by atomic mass is 9.92. The average Bonchev–Trinajstić information content (AvgIpc) is 3.38. The molecule has 3 aliphatic heterocycles. The Bertz CT molecular complexity index is 960. The third-order valence-corrected chi connectivity index (χ3v) is 6.42. The third kappa shape index (κ3) is 3.91. The number of benzene rings is 2. The molecule has 3 saturated heterocycles. The maximum Gasteiger partial charge on any atom is 0.226 e. The molecule has 0 saturated carbocycles. The Labute approximate surface area is 181 Å². The Morgan fingerprint density at radius 1 is 1.00 bits per heavy atom. The quantitative estimate of drug-likeness (QED) is 0.572. The summed E-state index contributed by atoms with van der Waals surface area (Å²) in [6.45, 7) is 1.83. The number of hydrogen-bond donors (Lipinski definition) is 2. The van der Waals surface area contributed by atoms with Gasteiger partial charge in [0.15, 0.2) is 6.10 Å².